The van der Waals surface area contributed by atoms with Crippen LogP contribution in [0.5, 0.6) is 5.75 Å². The second-order valence-electron chi connectivity index (χ2n) is 8.05. The van der Waals surface area contributed by atoms with Gasteiger partial charge in [-0.2, -0.15) is 0 Å². The van der Waals surface area contributed by atoms with Gasteiger partial charge in [-0.3, -0.25) is 14.5 Å². The predicted octanol–water partition coefficient (Wildman–Crippen LogP) is 2.64. The lowest BCUT2D eigenvalue weighted by molar-refractivity contribution is -0.132. The molecule has 9 nitrogen and oxygen atoms in total. The zero-order valence-electron chi connectivity index (χ0n) is 19.9. The fourth-order valence-electron chi connectivity index (χ4n) is 4.02. The van der Waals surface area contributed by atoms with Crippen molar-refractivity contribution in [2.75, 3.05) is 63.1 Å². The molecule has 2 aromatic rings. The molecule has 0 unspecified atom stereocenters. The van der Waals surface area contributed by atoms with Crippen LogP contribution in [0.4, 0.5) is 11.4 Å². The number of piperazine rings is 1. The first kappa shape index (κ1) is 25.0. The number of ether oxygens (including phenoxy) is 1. The van der Waals surface area contributed by atoms with Gasteiger partial charge in [-0.15, -0.1) is 0 Å². The third kappa shape index (κ3) is 6.05. The van der Waals surface area contributed by atoms with Crippen LogP contribution in [0.2, 0.25) is 0 Å². The Morgan fingerprint density at radius 1 is 1.00 bits per heavy atom. The van der Waals surface area contributed by atoms with Crippen LogP contribution in [0.1, 0.15) is 34.6 Å². The lowest BCUT2D eigenvalue weighted by Gasteiger charge is -2.37. The molecule has 0 aromatic heterocycles. The van der Waals surface area contributed by atoms with Crippen molar-refractivity contribution >= 4 is 29.2 Å². The van der Waals surface area contributed by atoms with Crippen molar-refractivity contribution < 1.29 is 24.2 Å². The molecule has 0 radical (unpaired) electrons. The maximum Gasteiger partial charge on any atom is 0.337 e. The lowest BCUT2D eigenvalue weighted by Crippen LogP contribution is -2.50. The van der Waals surface area contributed by atoms with E-state index < -0.39 is 5.97 Å². The van der Waals surface area contributed by atoms with Crippen molar-refractivity contribution in [3.8, 4) is 5.75 Å². The number of hydrogen-bond acceptors (Lipinski definition) is 6. The number of methoxy groups -OCH3 is 1. The van der Waals surface area contributed by atoms with E-state index in [1.165, 1.54) is 6.07 Å². The molecule has 0 spiro atoms. The molecule has 0 aliphatic carbocycles. The number of carbonyl (C=O) groups is 3. The third-order valence-electron chi connectivity index (χ3n) is 6.03. The van der Waals surface area contributed by atoms with E-state index in [2.05, 4.69) is 10.2 Å². The summed E-state index contributed by atoms with van der Waals surface area (Å²) in [5.41, 5.74) is 1.58. The maximum atomic E-state index is 12.6. The van der Waals surface area contributed by atoms with Crippen LogP contribution < -0.4 is 15.0 Å². The largest absolute Gasteiger partial charge is 0.497 e. The Morgan fingerprint density at radius 3 is 2.21 bits per heavy atom. The first-order valence-electron chi connectivity index (χ1n) is 11.4. The summed E-state index contributed by atoms with van der Waals surface area (Å²) >= 11 is 0. The Balaban J connectivity index is 1.66. The van der Waals surface area contributed by atoms with Gasteiger partial charge < -0.3 is 25.0 Å². The van der Waals surface area contributed by atoms with Gasteiger partial charge in [0.05, 0.1) is 24.9 Å². The maximum absolute atomic E-state index is 12.6. The minimum absolute atomic E-state index is 0.113. The van der Waals surface area contributed by atoms with Gasteiger partial charge in [0, 0.05) is 50.5 Å². The van der Waals surface area contributed by atoms with Gasteiger partial charge in [0.25, 0.3) is 5.91 Å². The van der Waals surface area contributed by atoms with Crippen LogP contribution in [-0.2, 0) is 4.79 Å². The molecule has 182 valence electrons. The first-order valence-corrected chi connectivity index (χ1v) is 11.4. The van der Waals surface area contributed by atoms with Crippen molar-refractivity contribution in [3.63, 3.8) is 0 Å². The van der Waals surface area contributed by atoms with E-state index in [0.29, 0.717) is 68.5 Å². The molecule has 0 bridgehead atoms. The van der Waals surface area contributed by atoms with Crippen molar-refractivity contribution in [2.24, 2.45) is 0 Å². The topological polar surface area (TPSA) is 102 Å². The highest BCUT2D eigenvalue weighted by atomic mass is 16.5. The summed E-state index contributed by atoms with van der Waals surface area (Å²) in [4.78, 5) is 42.8. The number of hydrogen-bond donors (Lipinski definition) is 2. The molecule has 0 saturated carbocycles. The molecular formula is C25H32N4O5. The van der Waals surface area contributed by atoms with E-state index >= 15 is 0 Å². The molecule has 1 saturated heterocycles. The van der Waals surface area contributed by atoms with Crippen molar-refractivity contribution in [3.05, 3.63) is 53.6 Å². The second-order valence-corrected chi connectivity index (χ2v) is 8.05. The van der Waals surface area contributed by atoms with Crippen LogP contribution in [-0.4, -0.2) is 85.6 Å². The fourth-order valence-corrected chi connectivity index (χ4v) is 4.02. The van der Waals surface area contributed by atoms with E-state index in [9.17, 15) is 19.5 Å². The zero-order chi connectivity index (χ0) is 24.7. The molecule has 2 aromatic carbocycles. The molecule has 2 N–H and O–H groups in total. The van der Waals surface area contributed by atoms with Crippen LogP contribution in [0, 0.1) is 0 Å². The van der Waals surface area contributed by atoms with Gasteiger partial charge in [0.15, 0.2) is 0 Å². The number of carboxylic acid groups (broad SMARTS) is 1. The number of likely N-dealkylation sites (N-methyl/N-ethyl adjacent to an activating group) is 1. The van der Waals surface area contributed by atoms with E-state index in [1.54, 1.807) is 43.5 Å². The van der Waals surface area contributed by atoms with Crippen molar-refractivity contribution in [1.82, 2.24) is 9.80 Å². The first-order chi connectivity index (χ1) is 16.4. The molecular weight excluding hydrogens is 436 g/mol. The zero-order valence-corrected chi connectivity index (χ0v) is 19.9. The smallest absolute Gasteiger partial charge is 0.337 e. The highest BCUT2D eigenvalue weighted by Gasteiger charge is 2.24. The summed E-state index contributed by atoms with van der Waals surface area (Å²) in [6.07, 6.45) is 0. The minimum Gasteiger partial charge on any atom is -0.497 e. The summed E-state index contributed by atoms with van der Waals surface area (Å²) in [5, 5.41) is 12.6. The SMILES string of the molecule is CCN(CC)C(=O)CN1CCN(c2ccc(NC(=O)c3ccc(OC)cc3)cc2C(=O)O)CC1. The van der Waals surface area contributed by atoms with Crippen LogP contribution >= 0.6 is 0 Å². The summed E-state index contributed by atoms with van der Waals surface area (Å²) in [5.74, 6) is -0.638. The fraction of sp³-hybridized carbons (Fsp3) is 0.400. The van der Waals surface area contributed by atoms with Crippen LogP contribution in [0.25, 0.3) is 0 Å². The number of rotatable bonds is 9. The summed E-state index contributed by atoms with van der Waals surface area (Å²) < 4.78 is 5.10. The van der Waals surface area contributed by atoms with Crippen LogP contribution in [0.15, 0.2) is 42.5 Å². The van der Waals surface area contributed by atoms with Crippen molar-refractivity contribution in [2.45, 2.75) is 13.8 Å². The van der Waals surface area contributed by atoms with Crippen molar-refractivity contribution in [1.29, 1.82) is 0 Å². The minimum atomic E-state index is -1.06. The Kier molecular flexibility index (Phi) is 8.48. The average molecular weight is 469 g/mol. The van der Waals surface area contributed by atoms with E-state index in [-0.39, 0.29) is 17.4 Å². The number of amides is 2. The summed E-state index contributed by atoms with van der Waals surface area (Å²) in [6.45, 7) is 8.26. The molecule has 1 aliphatic heterocycles. The molecule has 34 heavy (non-hydrogen) atoms. The second kappa shape index (κ2) is 11.5. The van der Waals surface area contributed by atoms with Gasteiger partial charge in [-0.25, -0.2) is 4.79 Å². The monoisotopic (exact) mass is 468 g/mol. The van der Waals surface area contributed by atoms with Gasteiger partial charge in [-0.1, -0.05) is 0 Å². The Morgan fingerprint density at radius 2 is 1.65 bits per heavy atom. The molecule has 3 rings (SSSR count). The van der Waals surface area contributed by atoms with Gasteiger partial charge >= 0.3 is 5.97 Å². The summed E-state index contributed by atoms with van der Waals surface area (Å²) in [6, 6.07) is 11.6. The molecule has 9 heteroatoms. The number of anilines is 2. The van der Waals surface area contributed by atoms with Gasteiger partial charge in [0.2, 0.25) is 5.91 Å². The number of carboxylic acids is 1. The summed E-state index contributed by atoms with van der Waals surface area (Å²) in [7, 11) is 1.55. The number of benzene rings is 2. The standard InChI is InChI=1S/C25H32N4O5/c1-4-28(5-2)23(30)17-27-12-14-29(15-13-27)22-11-8-19(16-21(22)25(32)33)26-24(31)18-6-9-20(34-3)10-7-18/h6-11,16H,4-5,12-15,17H2,1-3H3,(H,26,31)(H,32,33). The third-order valence-corrected chi connectivity index (χ3v) is 6.03. The molecule has 1 aliphatic rings. The predicted molar refractivity (Wildman–Crippen MR) is 131 cm³/mol. The normalized spacial score (nSPS) is 13.9. The quantitative estimate of drug-likeness (QED) is 0.583. The molecule has 0 atom stereocenters. The highest BCUT2D eigenvalue weighted by Crippen LogP contribution is 2.26. The van der Waals surface area contributed by atoms with E-state index in [1.807, 2.05) is 23.6 Å². The highest BCUT2D eigenvalue weighted by molar-refractivity contribution is 6.05. The molecule has 1 heterocycles. The number of nitrogens with one attached hydrogen (secondary N) is 1. The molecule has 1 fully saturated rings. The Hall–Kier alpha value is -3.59. The Labute approximate surface area is 199 Å². The lowest BCUT2D eigenvalue weighted by atomic mass is 10.1. The number of nitrogens with zero attached hydrogens (tertiary/aromatic N) is 3. The molecule has 2 amide bonds. The Bertz CT molecular complexity index is 1010. The van der Waals surface area contributed by atoms with E-state index in [4.69, 9.17) is 4.74 Å². The van der Waals surface area contributed by atoms with Gasteiger partial charge in [0.1, 0.15) is 5.75 Å². The van der Waals surface area contributed by atoms with E-state index in [0.717, 1.165) is 0 Å². The number of aromatic carboxylic acids is 1. The van der Waals surface area contributed by atoms with Gasteiger partial charge in [-0.05, 0) is 56.3 Å². The number of carbonyl (C=O) groups excluding carboxylic acids is 2. The average Bonchev–Trinajstić information content (AvgIpc) is 2.85. The van der Waals surface area contributed by atoms with Crippen LogP contribution in [0.3, 0.4) is 0 Å².